The van der Waals surface area contributed by atoms with E-state index in [4.69, 9.17) is 16.3 Å². The second-order valence-electron chi connectivity index (χ2n) is 5.40. The molecule has 0 aromatic heterocycles. The zero-order chi connectivity index (χ0) is 18.4. The Balaban J connectivity index is 2.10. The summed E-state index contributed by atoms with van der Waals surface area (Å²) in [4.78, 5) is 24.0. The van der Waals surface area contributed by atoms with Crippen LogP contribution in [-0.2, 0) is 16.0 Å². The predicted octanol–water partition coefficient (Wildman–Crippen LogP) is 4.10. The Morgan fingerprint density at radius 2 is 1.92 bits per heavy atom. The Hall–Kier alpha value is -2.53. The Bertz CT molecular complexity index is 776. The molecule has 25 heavy (non-hydrogen) atoms. The van der Waals surface area contributed by atoms with E-state index in [1.54, 1.807) is 13.0 Å². The summed E-state index contributed by atoms with van der Waals surface area (Å²) in [6, 6.07) is 12.2. The first-order valence-electron chi connectivity index (χ1n) is 7.89. The molecule has 1 N–H and O–H groups in total. The second kappa shape index (κ2) is 8.53. The molecular formula is C19H20ClNO4. The third-order valence-corrected chi connectivity index (χ3v) is 4.00. The van der Waals surface area contributed by atoms with Gasteiger partial charge in [0.2, 0.25) is 0 Å². The lowest BCUT2D eigenvalue weighted by Gasteiger charge is -2.17. The van der Waals surface area contributed by atoms with Gasteiger partial charge in [0.25, 0.3) is 5.91 Å². The van der Waals surface area contributed by atoms with Gasteiger partial charge in [0.1, 0.15) is 5.75 Å². The molecule has 1 atom stereocenters. The summed E-state index contributed by atoms with van der Waals surface area (Å²) >= 11 is 5.97. The van der Waals surface area contributed by atoms with Crippen LogP contribution in [0.25, 0.3) is 0 Å². The van der Waals surface area contributed by atoms with Crippen LogP contribution in [0, 0.1) is 0 Å². The van der Waals surface area contributed by atoms with Crippen molar-refractivity contribution in [2.24, 2.45) is 0 Å². The van der Waals surface area contributed by atoms with E-state index < -0.39 is 12.1 Å². The third kappa shape index (κ3) is 4.73. The third-order valence-electron chi connectivity index (χ3n) is 3.67. The Morgan fingerprint density at radius 1 is 1.20 bits per heavy atom. The average molecular weight is 362 g/mol. The number of hydrogen-bond donors (Lipinski definition) is 1. The number of aryl methyl sites for hydroxylation is 1. The van der Waals surface area contributed by atoms with E-state index in [-0.39, 0.29) is 16.5 Å². The van der Waals surface area contributed by atoms with Gasteiger partial charge in [0, 0.05) is 5.69 Å². The predicted molar refractivity (Wildman–Crippen MR) is 97.3 cm³/mol. The molecule has 2 aromatic rings. The Labute approximate surface area is 151 Å². The van der Waals surface area contributed by atoms with Gasteiger partial charge in [-0.25, -0.2) is 4.79 Å². The quantitative estimate of drug-likeness (QED) is 0.787. The minimum atomic E-state index is -0.704. The molecule has 0 aliphatic carbocycles. The van der Waals surface area contributed by atoms with Crippen LogP contribution >= 0.6 is 11.6 Å². The Kier molecular flexibility index (Phi) is 6.42. The number of benzene rings is 2. The van der Waals surface area contributed by atoms with E-state index in [2.05, 4.69) is 10.1 Å². The normalized spacial score (nSPS) is 11.5. The van der Waals surface area contributed by atoms with Crippen molar-refractivity contribution in [2.45, 2.75) is 26.4 Å². The van der Waals surface area contributed by atoms with Crippen molar-refractivity contribution < 1.29 is 19.1 Å². The van der Waals surface area contributed by atoms with E-state index in [1.165, 1.54) is 19.2 Å². The molecule has 2 rings (SSSR count). The van der Waals surface area contributed by atoms with E-state index in [1.807, 2.05) is 31.2 Å². The number of para-hydroxylation sites is 1. The number of rotatable bonds is 6. The van der Waals surface area contributed by atoms with Crippen LogP contribution in [0.5, 0.6) is 5.75 Å². The lowest BCUT2D eigenvalue weighted by Crippen LogP contribution is -2.30. The molecular weight excluding hydrogens is 342 g/mol. The number of anilines is 1. The lowest BCUT2D eigenvalue weighted by molar-refractivity contribution is -0.122. The monoisotopic (exact) mass is 361 g/mol. The topological polar surface area (TPSA) is 64.6 Å². The van der Waals surface area contributed by atoms with E-state index in [0.717, 1.165) is 12.0 Å². The maximum atomic E-state index is 12.4. The average Bonchev–Trinajstić information content (AvgIpc) is 2.62. The summed E-state index contributed by atoms with van der Waals surface area (Å²) in [6.07, 6.45) is 0.106. The molecule has 0 aliphatic heterocycles. The van der Waals surface area contributed by atoms with Crippen molar-refractivity contribution in [2.75, 3.05) is 12.4 Å². The fourth-order valence-electron chi connectivity index (χ4n) is 2.27. The summed E-state index contributed by atoms with van der Waals surface area (Å²) in [5.74, 6) is -0.217. The van der Waals surface area contributed by atoms with Crippen LogP contribution in [0.1, 0.15) is 29.8 Å². The van der Waals surface area contributed by atoms with Crippen molar-refractivity contribution >= 4 is 29.2 Å². The van der Waals surface area contributed by atoms with Crippen LogP contribution in [0.15, 0.2) is 42.5 Å². The number of ether oxygens (including phenoxy) is 2. The number of carbonyl (C=O) groups excluding carboxylic acids is 2. The first-order valence-corrected chi connectivity index (χ1v) is 8.27. The minimum absolute atomic E-state index is 0.187. The molecule has 132 valence electrons. The molecule has 0 aliphatic rings. The van der Waals surface area contributed by atoms with Gasteiger partial charge in [-0.05, 0) is 43.2 Å². The number of amides is 1. The van der Waals surface area contributed by atoms with E-state index in [0.29, 0.717) is 11.4 Å². The van der Waals surface area contributed by atoms with Crippen molar-refractivity contribution in [3.8, 4) is 5.75 Å². The zero-order valence-electron chi connectivity index (χ0n) is 14.3. The van der Waals surface area contributed by atoms with Crippen LogP contribution in [-0.4, -0.2) is 25.1 Å². The van der Waals surface area contributed by atoms with Crippen LogP contribution < -0.4 is 10.1 Å². The first-order chi connectivity index (χ1) is 12.0. The van der Waals surface area contributed by atoms with E-state index >= 15 is 0 Å². The number of esters is 1. The van der Waals surface area contributed by atoms with Gasteiger partial charge in [-0.2, -0.15) is 0 Å². The van der Waals surface area contributed by atoms with Gasteiger partial charge in [0.05, 0.1) is 17.7 Å². The van der Waals surface area contributed by atoms with E-state index in [9.17, 15) is 9.59 Å². The number of halogens is 1. The van der Waals surface area contributed by atoms with Crippen molar-refractivity contribution in [3.63, 3.8) is 0 Å². The standard InChI is InChI=1S/C19H20ClNO4/c1-4-13-7-5-6-8-17(13)25-12(2)18(22)21-14-9-10-16(20)15(11-14)19(23)24-3/h5-12H,4H2,1-3H3,(H,21,22)/t12-/m0/s1. The van der Waals surface area contributed by atoms with Gasteiger partial charge in [-0.1, -0.05) is 36.7 Å². The summed E-state index contributed by atoms with van der Waals surface area (Å²) < 4.78 is 10.4. The van der Waals surface area contributed by atoms with Gasteiger partial charge in [-0.15, -0.1) is 0 Å². The molecule has 0 heterocycles. The summed E-state index contributed by atoms with van der Waals surface area (Å²) in [5, 5.41) is 2.97. The summed E-state index contributed by atoms with van der Waals surface area (Å²) in [7, 11) is 1.27. The maximum absolute atomic E-state index is 12.4. The molecule has 0 spiro atoms. The highest BCUT2D eigenvalue weighted by Gasteiger charge is 2.18. The summed E-state index contributed by atoms with van der Waals surface area (Å²) in [5.41, 5.74) is 1.66. The number of hydrogen-bond acceptors (Lipinski definition) is 4. The van der Waals surface area contributed by atoms with Gasteiger partial charge >= 0.3 is 5.97 Å². The largest absolute Gasteiger partial charge is 0.481 e. The number of methoxy groups -OCH3 is 1. The molecule has 1 amide bonds. The number of nitrogens with one attached hydrogen (secondary N) is 1. The van der Waals surface area contributed by atoms with Crippen molar-refractivity contribution in [3.05, 3.63) is 58.6 Å². The highest BCUT2D eigenvalue weighted by Crippen LogP contribution is 2.23. The molecule has 0 unspecified atom stereocenters. The highest BCUT2D eigenvalue weighted by molar-refractivity contribution is 6.33. The van der Waals surface area contributed by atoms with Gasteiger partial charge in [0.15, 0.2) is 6.10 Å². The number of carbonyl (C=O) groups is 2. The van der Waals surface area contributed by atoms with Gasteiger partial charge in [-0.3, -0.25) is 4.79 Å². The Morgan fingerprint density at radius 3 is 2.60 bits per heavy atom. The molecule has 0 saturated heterocycles. The summed E-state index contributed by atoms with van der Waals surface area (Å²) in [6.45, 7) is 3.69. The molecule has 0 radical (unpaired) electrons. The molecule has 5 nitrogen and oxygen atoms in total. The minimum Gasteiger partial charge on any atom is -0.481 e. The van der Waals surface area contributed by atoms with Crippen molar-refractivity contribution in [1.29, 1.82) is 0 Å². The smallest absolute Gasteiger partial charge is 0.339 e. The van der Waals surface area contributed by atoms with Gasteiger partial charge < -0.3 is 14.8 Å². The fraction of sp³-hybridized carbons (Fsp3) is 0.263. The van der Waals surface area contributed by atoms with Crippen molar-refractivity contribution in [1.82, 2.24) is 0 Å². The second-order valence-corrected chi connectivity index (χ2v) is 5.80. The molecule has 6 heteroatoms. The maximum Gasteiger partial charge on any atom is 0.339 e. The molecule has 2 aromatic carbocycles. The SMILES string of the molecule is CCc1ccccc1O[C@@H](C)C(=O)Nc1ccc(Cl)c(C(=O)OC)c1. The van der Waals surface area contributed by atoms with Crippen LogP contribution in [0.3, 0.4) is 0 Å². The molecule has 0 saturated carbocycles. The van der Waals surface area contributed by atoms with Crippen LogP contribution in [0.2, 0.25) is 5.02 Å². The lowest BCUT2D eigenvalue weighted by atomic mass is 10.1. The molecule has 0 bridgehead atoms. The van der Waals surface area contributed by atoms with Crippen LogP contribution in [0.4, 0.5) is 5.69 Å². The highest BCUT2D eigenvalue weighted by atomic mass is 35.5. The first kappa shape index (κ1) is 18.8. The molecule has 0 fully saturated rings. The fourth-order valence-corrected chi connectivity index (χ4v) is 2.46. The zero-order valence-corrected chi connectivity index (χ0v) is 15.1.